The summed E-state index contributed by atoms with van der Waals surface area (Å²) in [5.41, 5.74) is 0. The summed E-state index contributed by atoms with van der Waals surface area (Å²) in [5, 5.41) is 0. The summed E-state index contributed by atoms with van der Waals surface area (Å²) in [5.74, 6) is 5.60. The van der Waals surface area contributed by atoms with Crippen LogP contribution < -0.4 is 5.90 Å². The fraction of sp³-hybridized carbons (Fsp3) is 0.900. The zero-order valence-corrected chi connectivity index (χ0v) is 9.28. The van der Waals surface area contributed by atoms with Gasteiger partial charge in [0.2, 0.25) is 0 Å². The first-order valence-electron chi connectivity index (χ1n) is 5.51. The van der Waals surface area contributed by atoms with E-state index >= 15 is 0 Å². The molecular weight excluding hydrogens is 196 g/mol. The number of hydrogen-bond donors (Lipinski definition) is 1. The van der Waals surface area contributed by atoms with E-state index in [4.69, 9.17) is 10.6 Å². The average molecular weight is 216 g/mol. The Labute approximate surface area is 90.5 Å². The quantitative estimate of drug-likeness (QED) is 0.715. The molecule has 5 heteroatoms. The molecule has 1 aliphatic heterocycles. The van der Waals surface area contributed by atoms with Crippen LogP contribution in [0.3, 0.4) is 0 Å². The molecule has 0 atom stereocenters. The Hall–Kier alpha value is -0.810. The fourth-order valence-electron chi connectivity index (χ4n) is 1.85. The number of hydrogen-bond acceptors (Lipinski definition) is 4. The zero-order valence-electron chi connectivity index (χ0n) is 9.28. The van der Waals surface area contributed by atoms with Crippen molar-refractivity contribution in [2.24, 2.45) is 11.8 Å². The van der Waals surface area contributed by atoms with E-state index in [1.807, 2.05) is 6.92 Å². The van der Waals surface area contributed by atoms with Gasteiger partial charge in [-0.25, -0.2) is 10.7 Å². The first-order chi connectivity index (χ1) is 7.27. The van der Waals surface area contributed by atoms with Crippen molar-refractivity contribution in [3.05, 3.63) is 0 Å². The molecule has 0 saturated carbocycles. The van der Waals surface area contributed by atoms with Gasteiger partial charge in [-0.2, -0.15) is 0 Å². The summed E-state index contributed by atoms with van der Waals surface area (Å²) < 4.78 is 4.94. The molecule has 0 aromatic heterocycles. The summed E-state index contributed by atoms with van der Waals surface area (Å²) in [7, 11) is 0. The number of nitrogens with two attached hydrogens (primary N) is 1. The number of likely N-dealkylation sites (tertiary alicyclic amines) is 1. The highest BCUT2D eigenvalue weighted by Gasteiger charge is 2.22. The van der Waals surface area contributed by atoms with Gasteiger partial charge in [0.15, 0.2) is 0 Å². The van der Waals surface area contributed by atoms with Crippen molar-refractivity contribution in [3.8, 4) is 0 Å². The molecule has 88 valence electrons. The third-order valence-corrected chi connectivity index (χ3v) is 2.78. The summed E-state index contributed by atoms with van der Waals surface area (Å²) in [6.45, 7) is 4.44. The van der Waals surface area contributed by atoms with Crippen molar-refractivity contribution in [1.82, 2.24) is 4.90 Å². The molecule has 0 aromatic rings. The van der Waals surface area contributed by atoms with Crippen LogP contribution in [0.1, 0.15) is 26.2 Å². The van der Waals surface area contributed by atoms with Crippen LogP contribution in [0.5, 0.6) is 0 Å². The third kappa shape index (κ3) is 4.05. The standard InChI is InChI=1S/C10H20N2O3/c1-2-14-10(13)12-6-3-9(4-7-12)5-8-15-11/h9H,2-8,11H2,1H3. The Morgan fingerprint density at radius 2 is 2.13 bits per heavy atom. The number of rotatable bonds is 4. The summed E-state index contributed by atoms with van der Waals surface area (Å²) >= 11 is 0. The lowest BCUT2D eigenvalue weighted by molar-refractivity contribution is 0.0798. The van der Waals surface area contributed by atoms with Gasteiger partial charge in [0, 0.05) is 13.1 Å². The van der Waals surface area contributed by atoms with E-state index in [0.29, 0.717) is 19.1 Å². The monoisotopic (exact) mass is 216 g/mol. The van der Waals surface area contributed by atoms with E-state index in [-0.39, 0.29) is 6.09 Å². The molecule has 1 fully saturated rings. The molecule has 1 rings (SSSR count). The second kappa shape index (κ2) is 6.63. The first-order valence-corrected chi connectivity index (χ1v) is 5.51. The predicted molar refractivity (Wildman–Crippen MR) is 56.1 cm³/mol. The predicted octanol–water partition coefficient (Wildman–Crippen LogP) is 1.14. The molecule has 1 heterocycles. The number of ether oxygens (including phenoxy) is 1. The topological polar surface area (TPSA) is 64.8 Å². The Balaban J connectivity index is 2.20. The maximum Gasteiger partial charge on any atom is 0.409 e. The highest BCUT2D eigenvalue weighted by Crippen LogP contribution is 2.20. The Morgan fingerprint density at radius 1 is 1.47 bits per heavy atom. The molecule has 5 nitrogen and oxygen atoms in total. The number of piperidine rings is 1. The highest BCUT2D eigenvalue weighted by atomic mass is 16.6. The largest absolute Gasteiger partial charge is 0.450 e. The molecular formula is C10H20N2O3. The Kier molecular flexibility index (Phi) is 5.42. The summed E-state index contributed by atoms with van der Waals surface area (Å²) in [6, 6.07) is 0. The smallest absolute Gasteiger partial charge is 0.409 e. The van der Waals surface area contributed by atoms with Gasteiger partial charge in [-0.15, -0.1) is 0 Å². The normalized spacial score (nSPS) is 17.9. The van der Waals surface area contributed by atoms with E-state index in [0.717, 1.165) is 32.4 Å². The maximum atomic E-state index is 11.4. The van der Waals surface area contributed by atoms with E-state index < -0.39 is 0 Å². The van der Waals surface area contributed by atoms with Gasteiger partial charge in [-0.05, 0) is 32.1 Å². The van der Waals surface area contributed by atoms with Crippen molar-refractivity contribution in [2.45, 2.75) is 26.2 Å². The molecule has 2 N–H and O–H groups in total. The maximum absolute atomic E-state index is 11.4. The van der Waals surface area contributed by atoms with Gasteiger partial charge in [0.05, 0.1) is 13.2 Å². The minimum atomic E-state index is -0.189. The first kappa shape index (κ1) is 12.3. The Morgan fingerprint density at radius 3 is 2.67 bits per heavy atom. The molecule has 1 aliphatic rings. The highest BCUT2D eigenvalue weighted by molar-refractivity contribution is 5.67. The van der Waals surface area contributed by atoms with Crippen LogP contribution in [0, 0.1) is 5.92 Å². The lowest BCUT2D eigenvalue weighted by Crippen LogP contribution is -2.39. The number of nitrogens with zero attached hydrogens (tertiary/aromatic N) is 1. The summed E-state index contributed by atoms with van der Waals surface area (Å²) in [6.07, 6.45) is 2.82. The van der Waals surface area contributed by atoms with Crippen LogP contribution in [0.2, 0.25) is 0 Å². The van der Waals surface area contributed by atoms with E-state index in [2.05, 4.69) is 4.84 Å². The van der Waals surface area contributed by atoms with Gasteiger partial charge in [0.1, 0.15) is 0 Å². The second-order valence-corrected chi connectivity index (χ2v) is 3.79. The van der Waals surface area contributed by atoms with E-state index in [9.17, 15) is 4.79 Å². The van der Waals surface area contributed by atoms with Crippen molar-refractivity contribution in [2.75, 3.05) is 26.3 Å². The number of amides is 1. The molecule has 1 saturated heterocycles. The number of carbonyl (C=O) groups is 1. The van der Waals surface area contributed by atoms with Crippen molar-refractivity contribution in [1.29, 1.82) is 0 Å². The van der Waals surface area contributed by atoms with Crippen LogP contribution in [0.15, 0.2) is 0 Å². The van der Waals surface area contributed by atoms with Gasteiger partial charge < -0.3 is 14.5 Å². The second-order valence-electron chi connectivity index (χ2n) is 3.79. The summed E-state index contributed by atoms with van der Waals surface area (Å²) in [4.78, 5) is 17.7. The molecule has 1 amide bonds. The SMILES string of the molecule is CCOC(=O)N1CCC(CCON)CC1. The average Bonchev–Trinajstić information content (AvgIpc) is 2.27. The molecule has 0 bridgehead atoms. The number of carbonyl (C=O) groups excluding carboxylic acids is 1. The van der Waals surface area contributed by atoms with Crippen LogP contribution in [0.4, 0.5) is 4.79 Å². The van der Waals surface area contributed by atoms with E-state index in [1.165, 1.54) is 0 Å². The van der Waals surface area contributed by atoms with Crippen LogP contribution in [0.25, 0.3) is 0 Å². The third-order valence-electron chi connectivity index (χ3n) is 2.78. The van der Waals surface area contributed by atoms with Crippen LogP contribution in [-0.4, -0.2) is 37.3 Å². The van der Waals surface area contributed by atoms with Gasteiger partial charge in [-0.1, -0.05) is 0 Å². The van der Waals surface area contributed by atoms with Crippen LogP contribution in [-0.2, 0) is 9.57 Å². The lowest BCUT2D eigenvalue weighted by Gasteiger charge is -2.30. The van der Waals surface area contributed by atoms with Gasteiger partial charge in [-0.3, -0.25) is 0 Å². The molecule has 0 radical (unpaired) electrons. The molecule has 0 spiro atoms. The molecule has 0 unspecified atom stereocenters. The van der Waals surface area contributed by atoms with Crippen molar-refractivity contribution >= 4 is 6.09 Å². The zero-order chi connectivity index (χ0) is 11.1. The lowest BCUT2D eigenvalue weighted by atomic mass is 9.94. The Bertz CT molecular complexity index is 191. The fourth-order valence-corrected chi connectivity index (χ4v) is 1.85. The minimum absolute atomic E-state index is 0.189. The molecule has 0 aliphatic carbocycles. The van der Waals surface area contributed by atoms with Gasteiger partial charge in [0.25, 0.3) is 0 Å². The van der Waals surface area contributed by atoms with Crippen molar-refractivity contribution in [3.63, 3.8) is 0 Å². The molecule has 0 aromatic carbocycles. The van der Waals surface area contributed by atoms with Crippen molar-refractivity contribution < 1.29 is 14.4 Å². The van der Waals surface area contributed by atoms with E-state index in [1.54, 1.807) is 4.90 Å². The molecule has 15 heavy (non-hydrogen) atoms. The van der Waals surface area contributed by atoms with Gasteiger partial charge >= 0.3 is 6.09 Å². The minimum Gasteiger partial charge on any atom is -0.450 e. The van der Waals surface area contributed by atoms with Crippen LogP contribution >= 0.6 is 0 Å².